The van der Waals surface area contributed by atoms with Crippen molar-refractivity contribution >= 4 is 62.9 Å². The van der Waals surface area contributed by atoms with Crippen LogP contribution < -0.4 is 15.6 Å². The summed E-state index contributed by atoms with van der Waals surface area (Å²) in [4.78, 5) is 36.8. The number of carbonyl (C=O) groups is 3. The molecule has 1 aliphatic rings. The predicted molar refractivity (Wildman–Crippen MR) is 92.7 cm³/mol. The molecule has 0 unspecified atom stereocenters. The molecule has 8 nitrogen and oxygen atoms in total. The van der Waals surface area contributed by atoms with E-state index in [2.05, 4.69) is 31.8 Å². The Kier molecular flexibility index (Phi) is 5.73. The van der Waals surface area contributed by atoms with Gasteiger partial charge in [0.25, 0.3) is 11.8 Å². The first kappa shape index (κ1) is 17.7. The van der Waals surface area contributed by atoms with Crippen molar-refractivity contribution in [3.8, 4) is 6.07 Å². The van der Waals surface area contributed by atoms with Crippen molar-refractivity contribution in [3.63, 3.8) is 0 Å². The van der Waals surface area contributed by atoms with Gasteiger partial charge in [-0.1, -0.05) is 15.9 Å². The third-order valence-corrected chi connectivity index (χ3v) is 3.75. The minimum atomic E-state index is -1.25. The maximum atomic E-state index is 12.5. The van der Waals surface area contributed by atoms with E-state index in [0.29, 0.717) is 5.69 Å². The van der Waals surface area contributed by atoms with Crippen LogP contribution in [0, 0.1) is 17.2 Å². The molecule has 122 valence electrons. The van der Waals surface area contributed by atoms with Crippen molar-refractivity contribution in [1.82, 2.24) is 10.7 Å². The van der Waals surface area contributed by atoms with Gasteiger partial charge < -0.3 is 5.32 Å². The van der Waals surface area contributed by atoms with Crippen molar-refractivity contribution in [2.75, 3.05) is 4.90 Å². The Hall–Kier alpha value is -2.64. The first-order chi connectivity index (χ1) is 11.4. The van der Waals surface area contributed by atoms with Gasteiger partial charge in [0.2, 0.25) is 5.91 Å². The number of rotatable bonds is 4. The first-order valence-electron chi connectivity index (χ1n) is 6.57. The number of hydrazone groups is 1. The molecule has 1 aliphatic heterocycles. The summed E-state index contributed by atoms with van der Waals surface area (Å²) in [5, 5.41) is 14.3. The molecule has 3 amide bonds. The molecule has 0 radical (unpaired) electrons. The lowest BCUT2D eigenvalue weighted by Gasteiger charge is -2.30. The minimum absolute atomic E-state index is 0.0366. The average Bonchev–Trinajstić information content (AvgIpc) is 2.52. The van der Waals surface area contributed by atoms with Gasteiger partial charge in [0, 0.05) is 10.7 Å². The molecule has 0 aromatic heterocycles. The second-order valence-corrected chi connectivity index (χ2v) is 5.87. The fourth-order valence-electron chi connectivity index (χ4n) is 1.85. The number of halogens is 1. The Morgan fingerprint density at radius 2 is 2.12 bits per heavy atom. The van der Waals surface area contributed by atoms with Crippen molar-refractivity contribution < 1.29 is 14.4 Å². The molecule has 1 atom stereocenters. The number of anilines is 1. The summed E-state index contributed by atoms with van der Waals surface area (Å²) in [5.74, 6) is -3.12. The molecule has 10 heteroatoms. The highest BCUT2D eigenvalue weighted by Crippen LogP contribution is 2.22. The van der Waals surface area contributed by atoms with Gasteiger partial charge in [0.05, 0.1) is 11.8 Å². The molecule has 0 bridgehead atoms. The zero-order valence-electron chi connectivity index (χ0n) is 12.0. The largest absolute Gasteiger partial charge is 0.301 e. The molecular formula is C14H10BrN5O3S. The van der Waals surface area contributed by atoms with Gasteiger partial charge in [-0.2, -0.15) is 10.4 Å². The normalized spacial score (nSPS) is 17.6. The van der Waals surface area contributed by atoms with Crippen LogP contribution in [-0.2, 0) is 14.4 Å². The van der Waals surface area contributed by atoms with E-state index in [-0.39, 0.29) is 11.5 Å². The third kappa shape index (κ3) is 4.01. The Morgan fingerprint density at radius 3 is 2.75 bits per heavy atom. The number of nitriles is 1. The van der Waals surface area contributed by atoms with E-state index in [1.54, 1.807) is 30.3 Å². The van der Waals surface area contributed by atoms with Gasteiger partial charge in [-0.25, -0.2) is 5.43 Å². The molecule has 1 aromatic rings. The van der Waals surface area contributed by atoms with Crippen LogP contribution in [0.5, 0.6) is 0 Å². The maximum Gasteiger partial charge on any atom is 0.254 e. The van der Waals surface area contributed by atoms with E-state index in [1.807, 2.05) is 0 Å². The van der Waals surface area contributed by atoms with Crippen molar-refractivity contribution in [1.29, 1.82) is 5.26 Å². The van der Waals surface area contributed by atoms with Gasteiger partial charge in [-0.3, -0.25) is 19.3 Å². The van der Waals surface area contributed by atoms with Crippen LogP contribution in [0.25, 0.3) is 0 Å². The second-order valence-electron chi connectivity index (χ2n) is 4.57. The number of nitrogens with zero attached hydrogens (tertiary/aromatic N) is 3. The van der Waals surface area contributed by atoms with Gasteiger partial charge >= 0.3 is 0 Å². The summed E-state index contributed by atoms with van der Waals surface area (Å²) in [7, 11) is 0. The summed E-state index contributed by atoms with van der Waals surface area (Å²) in [6.07, 6.45) is 0.623. The van der Waals surface area contributed by atoms with Crippen LogP contribution in [0.15, 0.2) is 33.8 Å². The molecule has 1 fully saturated rings. The van der Waals surface area contributed by atoms with E-state index in [0.717, 1.165) is 10.7 Å². The Labute approximate surface area is 150 Å². The summed E-state index contributed by atoms with van der Waals surface area (Å²) in [6, 6.07) is 8.43. The number of nitrogens with one attached hydrogen (secondary N) is 2. The van der Waals surface area contributed by atoms with E-state index in [9.17, 15) is 14.4 Å². The molecule has 0 aliphatic carbocycles. The van der Waals surface area contributed by atoms with Crippen LogP contribution in [0.1, 0.15) is 6.42 Å². The smallest absolute Gasteiger partial charge is 0.254 e. The van der Waals surface area contributed by atoms with Crippen LogP contribution in [-0.4, -0.2) is 29.0 Å². The highest BCUT2D eigenvalue weighted by molar-refractivity contribution is 9.10. The van der Waals surface area contributed by atoms with E-state index >= 15 is 0 Å². The fraction of sp³-hybridized carbons (Fsp3) is 0.143. The second kappa shape index (κ2) is 7.76. The molecule has 1 heterocycles. The highest BCUT2D eigenvalue weighted by atomic mass is 79.9. The topological polar surface area (TPSA) is 115 Å². The minimum Gasteiger partial charge on any atom is -0.301 e. The quantitative estimate of drug-likeness (QED) is 0.332. The Morgan fingerprint density at radius 1 is 1.46 bits per heavy atom. The van der Waals surface area contributed by atoms with Crippen molar-refractivity contribution in [3.05, 3.63) is 28.7 Å². The van der Waals surface area contributed by atoms with Crippen LogP contribution in [0.2, 0.25) is 0 Å². The number of thiocarbonyl (C=S) groups is 1. The lowest BCUT2D eigenvalue weighted by molar-refractivity contribution is -0.130. The van der Waals surface area contributed by atoms with Crippen molar-refractivity contribution in [2.45, 2.75) is 6.42 Å². The molecule has 2 rings (SSSR count). The number of carbonyl (C=O) groups excluding carboxylic acids is 3. The third-order valence-electron chi connectivity index (χ3n) is 2.94. The summed E-state index contributed by atoms with van der Waals surface area (Å²) < 4.78 is 0.823. The highest BCUT2D eigenvalue weighted by Gasteiger charge is 2.38. The standard InChI is InChI=1S/C14H10BrN5O3S/c15-8-1-3-9(4-2-8)20-13(23)10(12(22)18-14(20)24)7-17-19-11(21)5-6-16/h1-4,7,10H,5H2,(H,19,21)(H,18,22,24)/b17-7-/t10-/m1/s1. The van der Waals surface area contributed by atoms with Gasteiger partial charge in [-0.15, -0.1) is 0 Å². The first-order valence-corrected chi connectivity index (χ1v) is 7.77. The number of hydrogen-bond donors (Lipinski definition) is 2. The molecule has 24 heavy (non-hydrogen) atoms. The summed E-state index contributed by atoms with van der Waals surface area (Å²) in [5.41, 5.74) is 2.55. The SMILES string of the molecule is N#CCC(=O)N/N=C\[C@@H]1C(=O)NC(=S)N(c2ccc(Br)cc2)C1=O. The molecule has 1 saturated heterocycles. The van der Waals surface area contributed by atoms with E-state index < -0.39 is 23.6 Å². The van der Waals surface area contributed by atoms with Gasteiger partial charge in [-0.05, 0) is 36.5 Å². The average molecular weight is 408 g/mol. The monoisotopic (exact) mass is 407 g/mol. The van der Waals surface area contributed by atoms with Crippen molar-refractivity contribution in [2.24, 2.45) is 11.0 Å². The lowest BCUT2D eigenvalue weighted by atomic mass is 10.1. The van der Waals surface area contributed by atoms with Crippen LogP contribution in [0.4, 0.5) is 5.69 Å². The lowest BCUT2D eigenvalue weighted by Crippen LogP contribution is -2.58. The summed E-state index contributed by atoms with van der Waals surface area (Å²) in [6.45, 7) is 0. The Balaban J connectivity index is 2.19. The molecule has 2 N–H and O–H groups in total. The van der Waals surface area contributed by atoms with Gasteiger partial charge in [0.15, 0.2) is 11.0 Å². The zero-order chi connectivity index (χ0) is 17.7. The zero-order valence-corrected chi connectivity index (χ0v) is 14.4. The fourth-order valence-corrected chi connectivity index (χ4v) is 2.41. The molecule has 0 spiro atoms. The number of hydrogen-bond acceptors (Lipinski definition) is 6. The number of benzene rings is 1. The number of amides is 3. The predicted octanol–water partition coefficient (Wildman–Crippen LogP) is 0.829. The van der Waals surface area contributed by atoms with Crippen LogP contribution in [0.3, 0.4) is 0 Å². The van der Waals surface area contributed by atoms with Gasteiger partial charge in [0.1, 0.15) is 6.42 Å². The maximum absolute atomic E-state index is 12.5. The van der Waals surface area contributed by atoms with E-state index in [4.69, 9.17) is 17.5 Å². The van der Waals surface area contributed by atoms with E-state index in [1.165, 1.54) is 4.90 Å². The van der Waals surface area contributed by atoms with Crippen LogP contribution >= 0.6 is 28.1 Å². The molecular weight excluding hydrogens is 398 g/mol. The summed E-state index contributed by atoms with van der Waals surface area (Å²) >= 11 is 8.34. The molecule has 0 saturated carbocycles. The molecule has 1 aromatic carbocycles. The Bertz CT molecular complexity index is 772.